The van der Waals surface area contributed by atoms with Gasteiger partial charge in [0, 0.05) is 42.0 Å². The van der Waals surface area contributed by atoms with E-state index in [1.807, 2.05) is 13.0 Å². The van der Waals surface area contributed by atoms with Crippen LogP contribution < -0.4 is 15.6 Å². The first-order valence-corrected chi connectivity index (χ1v) is 10.6. The van der Waals surface area contributed by atoms with Crippen molar-refractivity contribution in [1.29, 1.82) is 0 Å². The molecule has 0 aliphatic heterocycles. The Balaban J connectivity index is 1.66. The number of hydrogen-bond donors (Lipinski definition) is 1. The van der Waals surface area contributed by atoms with Crippen LogP contribution in [0, 0.1) is 24.7 Å². The summed E-state index contributed by atoms with van der Waals surface area (Å²) in [6.45, 7) is 1.85. The lowest BCUT2D eigenvalue weighted by Gasteiger charge is -2.18. The van der Waals surface area contributed by atoms with Gasteiger partial charge in [-0.3, -0.25) is 19.9 Å². The minimum atomic E-state index is -0.459. The van der Waals surface area contributed by atoms with Crippen LogP contribution in [-0.4, -0.2) is 32.8 Å². The van der Waals surface area contributed by atoms with E-state index in [0.717, 1.165) is 18.5 Å². The Morgan fingerprint density at radius 2 is 2.10 bits per heavy atom. The van der Waals surface area contributed by atoms with Gasteiger partial charge in [-0.25, -0.2) is 0 Å². The minimum Gasteiger partial charge on any atom is -0.494 e. The predicted octanol–water partition coefficient (Wildman–Crippen LogP) is 3.02. The average Bonchev–Trinajstić information content (AvgIpc) is 3.15. The van der Waals surface area contributed by atoms with Crippen LogP contribution in [0.3, 0.4) is 0 Å². The number of aromatic nitrogens is 4. The maximum absolute atomic E-state index is 13.1. The number of carbonyl (C=O) groups is 1. The fourth-order valence-corrected chi connectivity index (χ4v) is 3.76. The molecule has 31 heavy (non-hydrogen) atoms. The summed E-state index contributed by atoms with van der Waals surface area (Å²) < 4.78 is 6.84. The molecule has 8 nitrogen and oxygen atoms in total. The van der Waals surface area contributed by atoms with Crippen molar-refractivity contribution in [2.24, 2.45) is 13.0 Å². The Kier molecular flexibility index (Phi) is 5.82. The van der Waals surface area contributed by atoms with Crippen LogP contribution in [-0.2, 0) is 7.05 Å². The third-order valence-corrected chi connectivity index (χ3v) is 5.88. The van der Waals surface area contributed by atoms with E-state index in [2.05, 4.69) is 32.3 Å². The maximum Gasteiger partial charge on any atom is 0.258 e. The highest BCUT2D eigenvalue weighted by Crippen LogP contribution is 2.32. The van der Waals surface area contributed by atoms with Crippen LogP contribution in [0.15, 0.2) is 29.3 Å². The number of nitrogens with one attached hydrogen (secondary N) is 1. The first-order valence-electron chi connectivity index (χ1n) is 9.82. The average molecular weight is 436 g/mol. The number of pyridine rings is 2. The number of nitrogens with zero attached hydrogens (tertiary/aromatic N) is 4. The SMILES string of the molecule is COc1cnc(C)cc1-c1cn(C)c(=O)cc1C(=O)Nc1nnc(C#CC2CCC2)s1. The molecule has 4 rings (SSSR count). The highest BCUT2D eigenvalue weighted by molar-refractivity contribution is 7.15. The minimum absolute atomic E-state index is 0.212. The van der Waals surface area contributed by atoms with Gasteiger partial charge in [-0.2, -0.15) is 0 Å². The molecule has 3 aromatic heterocycles. The van der Waals surface area contributed by atoms with E-state index in [1.54, 1.807) is 19.4 Å². The number of amides is 1. The second-order valence-corrected chi connectivity index (χ2v) is 8.32. The summed E-state index contributed by atoms with van der Waals surface area (Å²) in [7, 11) is 3.16. The van der Waals surface area contributed by atoms with Crippen molar-refractivity contribution in [3.8, 4) is 28.7 Å². The lowest BCUT2D eigenvalue weighted by atomic mass is 9.86. The molecule has 0 unspecified atom stereocenters. The molecule has 3 heterocycles. The van der Waals surface area contributed by atoms with Crippen LogP contribution in [0.4, 0.5) is 5.13 Å². The fourth-order valence-electron chi connectivity index (χ4n) is 3.16. The Bertz CT molecular complexity index is 1260. The monoisotopic (exact) mass is 435 g/mol. The van der Waals surface area contributed by atoms with E-state index in [9.17, 15) is 9.59 Å². The first-order chi connectivity index (χ1) is 14.9. The maximum atomic E-state index is 13.1. The van der Waals surface area contributed by atoms with Gasteiger partial charge in [-0.15, -0.1) is 10.2 Å². The van der Waals surface area contributed by atoms with E-state index in [0.29, 0.717) is 32.9 Å². The van der Waals surface area contributed by atoms with Gasteiger partial charge in [-0.05, 0) is 31.8 Å². The summed E-state index contributed by atoms with van der Waals surface area (Å²) in [5.41, 5.74) is 1.89. The Labute approximate surface area is 183 Å². The van der Waals surface area contributed by atoms with Gasteiger partial charge in [0.25, 0.3) is 11.5 Å². The molecule has 158 valence electrons. The quantitative estimate of drug-likeness (QED) is 0.633. The molecule has 1 N–H and O–H groups in total. The Hall–Kier alpha value is -3.51. The summed E-state index contributed by atoms with van der Waals surface area (Å²) >= 11 is 1.21. The zero-order valence-electron chi connectivity index (χ0n) is 17.4. The van der Waals surface area contributed by atoms with Gasteiger partial charge < -0.3 is 9.30 Å². The van der Waals surface area contributed by atoms with Gasteiger partial charge >= 0.3 is 0 Å². The zero-order valence-corrected chi connectivity index (χ0v) is 18.2. The zero-order chi connectivity index (χ0) is 22.0. The topological polar surface area (TPSA) is 99.0 Å². The molecule has 1 amide bonds. The number of carbonyl (C=O) groups excluding carboxylic acids is 1. The number of methoxy groups -OCH3 is 1. The molecule has 0 bridgehead atoms. The number of anilines is 1. The number of rotatable bonds is 4. The van der Waals surface area contributed by atoms with E-state index in [1.165, 1.54) is 35.5 Å². The van der Waals surface area contributed by atoms with Gasteiger partial charge in [0.15, 0.2) is 5.01 Å². The molecule has 0 atom stereocenters. The molecule has 1 fully saturated rings. The predicted molar refractivity (Wildman–Crippen MR) is 118 cm³/mol. The lowest BCUT2D eigenvalue weighted by molar-refractivity contribution is 0.102. The second kappa shape index (κ2) is 8.70. The third-order valence-electron chi connectivity index (χ3n) is 5.12. The Morgan fingerprint density at radius 1 is 1.29 bits per heavy atom. The summed E-state index contributed by atoms with van der Waals surface area (Å²) in [5.74, 6) is 6.68. The van der Waals surface area contributed by atoms with Crippen LogP contribution in [0.5, 0.6) is 5.75 Å². The van der Waals surface area contributed by atoms with E-state index in [4.69, 9.17) is 4.74 Å². The molecule has 0 saturated heterocycles. The molecule has 1 aliphatic carbocycles. The van der Waals surface area contributed by atoms with Gasteiger partial charge in [-0.1, -0.05) is 23.7 Å². The number of aryl methyl sites for hydroxylation is 2. The molecule has 3 aromatic rings. The summed E-state index contributed by atoms with van der Waals surface area (Å²) in [4.78, 5) is 29.6. The number of hydrogen-bond acceptors (Lipinski definition) is 7. The fraction of sp³-hybridized carbons (Fsp3) is 0.318. The van der Waals surface area contributed by atoms with Crippen molar-refractivity contribution in [1.82, 2.24) is 19.7 Å². The molecule has 0 radical (unpaired) electrons. The van der Waals surface area contributed by atoms with Crippen molar-refractivity contribution in [2.75, 3.05) is 12.4 Å². The first kappa shape index (κ1) is 20.8. The summed E-state index contributed by atoms with van der Waals surface area (Å²) in [6.07, 6.45) is 6.68. The largest absolute Gasteiger partial charge is 0.494 e. The normalized spacial score (nSPS) is 13.1. The standard InChI is InChI=1S/C22H21N5O3S/c1-13-9-15(18(30-3)11-23-13)17-12-27(2)20(28)10-16(17)21(29)24-22-26-25-19(31-22)8-7-14-5-4-6-14/h9-12,14H,4-6H2,1-3H3,(H,24,26,29). The van der Waals surface area contributed by atoms with E-state index >= 15 is 0 Å². The van der Waals surface area contributed by atoms with Crippen molar-refractivity contribution in [3.63, 3.8) is 0 Å². The molecule has 1 saturated carbocycles. The van der Waals surface area contributed by atoms with Crippen LogP contribution in [0.1, 0.15) is 40.3 Å². The highest BCUT2D eigenvalue weighted by atomic mass is 32.1. The van der Waals surface area contributed by atoms with Crippen molar-refractivity contribution >= 4 is 22.4 Å². The van der Waals surface area contributed by atoms with E-state index in [-0.39, 0.29) is 11.1 Å². The smallest absolute Gasteiger partial charge is 0.258 e. The summed E-state index contributed by atoms with van der Waals surface area (Å²) in [5, 5.41) is 11.7. The molecular weight excluding hydrogens is 414 g/mol. The summed E-state index contributed by atoms with van der Waals surface area (Å²) in [6, 6.07) is 3.12. The lowest BCUT2D eigenvalue weighted by Crippen LogP contribution is -2.21. The van der Waals surface area contributed by atoms with Gasteiger partial charge in [0.2, 0.25) is 5.13 Å². The van der Waals surface area contributed by atoms with Crippen molar-refractivity contribution in [2.45, 2.75) is 26.2 Å². The molecule has 0 spiro atoms. The Morgan fingerprint density at radius 3 is 2.81 bits per heavy atom. The van der Waals surface area contributed by atoms with Crippen LogP contribution in [0.25, 0.3) is 11.1 Å². The van der Waals surface area contributed by atoms with E-state index < -0.39 is 5.91 Å². The number of ether oxygens (including phenoxy) is 1. The molecule has 9 heteroatoms. The highest BCUT2D eigenvalue weighted by Gasteiger charge is 2.20. The van der Waals surface area contributed by atoms with Crippen molar-refractivity contribution in [3.05, 3.63) is 51.1 Å². The third kappa shape index (κ3) is 4.49. The second-order valence-electron chi connectivity index (χ2n) is 7.34. The van der Waals surface area contributed by atoms with Crippen LogP contribution in [0.2, 0.25) is 0 Å². The molecule has 1 aliphatic rings. The molecular formula is C22H21N5O3S. The van der Waals surface area contributed by atoms with Crippen LogP contribution >= 0.6 is 11.3 Å². The van der Waals surface area contributed by atoms with Crippen molar-refractivity contribution < 1.29 is 9.53 Å². The van der Waals surface area contributed by atoms with Gasteiger partial charge in [0.05, 0.1) is 18.9 Å². The van der Waals surface area contributed by atoms with Gasteiger partial charge in [0.1, 0.15) is 5.75 Å². The molecule has 0 aromatic carbocycles.